The number of nitrogens with one attached hydrogen (secondary N) is 1. The van der Waals surface area contributed by atoms with Crippen LogP contribution in [0.15, 0.2) is 72.1 Å². The molecular weight excluding hydrogens is 396 g/mol. The highest BCUT2D eigenvalue weighted by Crippen LogP contribution is 2.44. The largest absolute Gasteiger partial charge is 0.383 e. The average molecular weight is 421 g/mol. The van der Waals surface area contributed by atoms with Crippen molar-refractivity contribution in [3.63, 3.8) is 0 Å². The lowest BCUT2D eigenvalue weighted by Crippen LogP contribution is -2.48. The lowest BCUT2D eigenvalue weighted by Gasteiger charge is -2.41. The topological polar surface area (TPSA) is 58.6 Å². The number of hydrogen-bond donors (Lipinski definition) is 1. The van der Waals surface area contributed by atoms with Gasteiger partial charge in [0.05, 0.1) is 18.6 Å². The summed E-state index contributed by atoms with van der Waals surface area (Å²) < 4.78 is 5.26. The van der Waals surface area contributed by atoms with E-state index in [1.165, 1.54) is 0 Å². The number of fused-ring (bicyclic) bond motifs is 1. The summed E-state index contributed by atoms with van der Waals surface area (Å²) in [6, 6.07) is 20.9. The molecule has 5 nitrogen and oxygen atoms in total. The number of ether oxygens (including phenoxy) is 1. The van der Waals surface area contributed by atoms with Crippen LogP contribution in [0, 0.1) is 0 Å². The van der Waals surface area contributed by atoms with Gasteiger partial charge in [0.1, 0.15) is 0 Å². The second kappa shape index (κ2) is 9.24. The van der Waals surface area contributed by atoms with Crippen molar-refractivity contribution in [2.45, 2.75) is 18.5 Å². The van der Waals surface area contributed by atoms with Gasteiger partial charge in [-0.1, -0.05) is 54.6 Å². The Bertz CT molecular complexity index is 1000. The van der Waals surface area contributed by atoms with Crippen molar-refractivity contribution in [2.24, 2.45) is 0 Å². The summed E-state index contributed by atoms with van der Waals surface area (Å²) in [5.41, 5.74) is 2.40. The Kier molecular flexibility index (Phi) is 6.26. The molecule has 0 saturated heterocycles. The molecule has 3 aromatic rings. The zero-order valence-electron chi connectivity index (χ0n) is 16.8. The van der Waals surface area contributed by atoms with Crippen LogP contribution < -0.4 is 5.32 Å². The Morgan fingerprint density at radius 1 is 1.07 bits per heavy atom. The highest BCUT2D eigenvalue weighted by molar-refractivity contribution is 7.10. The van der Waals surface area contributed by atoms with Crippen LogP contribution in [0.4, 0.5) is 0 Å². The molecule has 1 aromatic heterocycles. The average Bonchev–Trinajstić information content (AvgIpc) is 3.32. The molecule has 4 rings (SSSR count). The summed E-state index contributed by atoms with van der Waals surface area (Å²) in [6.45, 7) is 1.28. The fraction of sp³-hybridized carbons (Fsp3) is 0.250. The standard InChI is InChI=1S/C24H24N2O3S/c1-29-14-13-26-22(20-12-7-15-30-20)21(18-10-5-6-11-19(18)24(26)28)23(27)25-16-17-8-3-2-4-9-17/h2-12,15,21-22H,13-14,16H2,1H3,(H,25,27)/t21-,22-/m0/s1. The van der Waals surface area contributed by atoms with Crippen molar-refractivity contribution in [2.75, 3.05) is 20.3 Å². The number of nitrogens with zero attached hydrogens (tertiary/aromatic N) is 1. The van der Waals surface area contributed by atoms with Crippen LogP contribution in [-0.2, 0) is 16.1 Å². The van der Waals surface area contributed by atoms with Gasteiger partial charge in [-0.2, -0.15) is 0 Å². The number of carbonyl (C=O) groups excluding carboxylic acids is 2. The molecule has 0 saturated carbocycles. The molecule has 30 heavy (non-hydrogen) atoms. The first kappa shape index (κ1) is 20.3. The molecular formula is C24H24N2O3S. The van der Waals surface area contributed by atoms with E-state index >= 15 is 0 Å². The molecule has 2 amide bonds. The third kappa shape index (κ3) is 4.01. The molecule has 0 fully saturated rings. The second-order valence-electron chi connectivity index (χ2n) is 7.22. The molecule has 154 valence electrons. The van der Waals surface area contributed by atoms with Gasteiger partial charge >= 0.3 is 0 Å². The zero-order valence-corrected chi connectivity index (χ0v) is 17.6. The van der Waals surface area contributed by atoms with Crippen molar-refractivity contribution in [1.29, 1.82) is 0 Å². The number of rotatable bonds is 7. The first-order valence-electron chi connectivity index (χ1n) is 9.94. The summed E-state index contributed by atoms with van der Waals surface area (Å²) >= 11 is 1.56. The number of thiophene rings is 1. The summed E-state index contributed by atoms with van der Waals surface area (Å²) in [7, 11) is 1.62. The predicted octanol–water partition coefficient (Wildman–Crippen LogP) is 3.99. The lowest BCUT2D eigenvalue weighted by molar-refractivity contribution is -0.124. The Labute approximate surface area is 180 Å². The molecule has 0 aliphatic carbocycles. The molecule has 1 N–H and O–H groups in total. The maximum absolute atomic E-state index is 13.5. The lowest BCUT2D eigenvalue weighted by atomic mass is 9.81. The van der Waals surface area contributed by atoms with Crippen molar-refractivity contribution >= 4 is 23.2 Å². The summed E-state index contributed by atoms with van der Waals surface area (Å²) in [5, 5.41) is 5.07. The normalized spacial score (nSPS) is 18.2. The van der Waals surface area contributed by atoms with E-state index in [2.05, 4.69) is 5.32 Å². The molecule has 6 heteroatoms. The minimum atomic E-state index is -0.488. The van der Waals surface area contributed by atoms with Crippen molar-refractivity contribution in [3.8, 4) is 0 Å². The zero-order chi connectivity index (χ0) is 20.9. The summed E-state index contributed by atoms with van der Waals surface area (Å²) in [6.07, 6.45) is 0. The van der Waals surface area contributed by atoms with Crippen molar-refractivity contribution in [1.82, 2.24) is 10.2 Å². The third-order valence-electron chi connectivity index (χ3n) is 5.40. The van der Waals surface area contributed by atoms with Gasteiger partial charge in [0, 0.05) is 30.6 Å². The van der Waals surface area contributed by atoms with Crippen LogP contribution in [-0.4, -0.2) is 37.0 Å². The van der Waals surface area contributed by atoms with Crippen molar-refractivity contribution < 1.29 is 14.3 Å². The molecule has 2 heterocycles. The molecule has 0 bridgehead atoms. The fourth-order valence-electron chi connectivity index (χ4n) is 3.98. The van der Waals surface area contributed by atoms with Gasteiger partial charge in [0.15, 0.2) is 0 Å². The number of hydrogen-bond acceptors (Lipinski definition) is 4. The summed E-state index contributed by atoms with van der Waals surface area (Å²) in [5.74, 6) is -0.633. The Balaban J connectivity index is 1.72. The van der Waals surface area contributed by atoms with Gasteiger partial charge in [0.25, 0.3) is 5.91 Å². The highest BCUT2D eigenvalue weighted by Gasteiger charge is 2.44. The maximum Gasteiger partial charge on any atom is 0.254 e. The Morgan fingerprint density at radius 3 is 2.57 bits per heavy atom. The monoisotopic (exact) mass is 420 g/mol. The molecule has 1 aliphatic heterocycles. The van der Waals surface area contributed by atoms with Crippen LogP contribution in [0.3, 0.4) is 0 Å². The number of carbonyl (C=O) groups is 2. The van der Waals surface area contributed by atoms with Crippen LogP contribution in [0.1, 0.15) is 38.3 Å². The molecule has 1 aliphatic rings. The maximum atomic E-state index is 13.5. The van der Waals surface area contributed by atoms with Gasteiger partial charge in [-0.05, 0) is 28.6 Å². The van der Waals surface area contributed by atoms with Gasteiger partial charge in [-0.15, -0.1) is 11.3 Å². The molecule has 2 aromatic carbocycles. The number of methoxy groups -OCH3 is 1. The SMILES string of the molecule is COCCN1C(=O)c2ccccc2[C@H](C(=O)NCc2ccccc2)[C@@H]1c1cccs1. The summed E-state index contributed by atoms with van der Waals surface area (Å²) in [4.78, 5) is 29.6. The van der Waals surface area contributed by atoms with Crippen molar-refractivity contribution in [3.05, 3.63) is 93.7 Å². The minimum Gasteiger partial charge on any atom is -0.383 e. The van der Waals surface area contributed by atoms with Crippen LogP contribution in [0.2, 0.25) is 0 Å². The highest BCUT2D eigenvalue weighted by atomic mass is 32.1. The first-order valence-corrected chi connectivity index (χ1v) is 10.8. The molecule has 0 radical (unpaired) electrons. The predicted molar refractivity (Wildman–Crippen MR) is 117 cm³/mol. The van der Waals surface area contributed by atoms with Crippen LogP contribution in [0.5, 0.6) is 0 Å². The van der Waals surface area contributed by atoms with Gasteiger partial charge in [0.2, 0.25) is 5.91 Å². The minimum absolute atomic E-state index is 0.0619. The van der Waals surface area contributed by atoms with E-state index in [9.17, 15) is 9.59 Å². The fourth-order valence-corrected chi connectivity index (χ4v) is 4.86. The molecule has 0 unspecified atom stereocenters. The molecule has 2 atom stereocenters. The van der Waals surface area contributed by atoms with Gasteiger partial charge < -0.3 is 15.0 Å². The number of amides is 2. The van der Waals surface area contributed by atoms with Gasteiger partial charge in [-0.25, -0.2) is 0 Å². The Morgan fingerprint density at radius 2 is 1.83 bits per heavy atom. The van der Waals surface area contributed by atoms with Gasteiger partial charge in [-0.3, -0.25) is 9.59 Å². The van der Waals surface area contributed by atoms with E-state index in [4.69, 9.17) is 4.74 Å². The van der Waals surface area contributed by atoms with E-state index in [0.29, 0.717) is 25.3 Å². The second-order valence-corrected chi connectivity index (χ2v) is 8.20. The van der Waals surface area contributed by atoms with Crippen LogP contribution in [0.25, 0.3) is 0 Å². The van der Waals surface area contributed by atoms with E-state index < -0.39 is 5.92 Å². The third-order valence-corrected chi connectivity index (χ3v) is 6.34. The van der Waals surface area contributed by atoms with E-state index in [0.717, 1.165) is 16.0 Å². The Hall–Kier alpha value is -2.96. The van der Waals surface area contributed by atoms with E-state index in [-0.39, 0.29) is 17.9 Å². The quantitative estimate of drug-likeness (QED) is 0.629. The smallest absolute Gasteiger partial charge is 0.254 e. The first-order chi connectivity index (χ1) is 14.7. The van der Waals surface area contributed by atoms with E-state index in [1.807, 2.05) is 66.0 Å². The molecule has 0 spiro atoms. The van der Waals surface area contributed by atoms with E-state index in [1.54, 1.807) is 29.4 Å². The number of benzene rings is 2. The van der Waals surface area contributed by atoms with Crippen LogP contribution >= 0.6 is 11.3 Å².